The Labute approximate surface area is 109 Å². The maximum absolute atomic E-state index is 9.47. The molecule has 1 aromatic heterocycles. The van der Waals surface area contributed by atoms with Crippen LogP contribution < -0.4 is 0 Å². The third kappa shape index (κ3) is 3.17. The second-order valence-corrected chi connectivity index (χ2v) is 5.03. The third-order valence-corrected chi connectivity index (χ3v) is 3.31. The Kier molecular flexibility index (Phi) is 3.97. The molecule has 2 aromatic rings. The zero-order chi connectivity index (χ0) is 12.3. The first-order chi connectivity index (χ1) is 8.19. The van der Waals surface area contributed by atoms with E-state index in [0.717, 1.165) is 22.2 Å². The molecule has 1 N–H and O–H groups in total. The van der Waals surface area contributed by atoms with Crippen molar-refractivity contribution in [1.82, 2.24) is 9.78 Å². The highest BCUT2D eigenvalue weighted by atomic mass is 79.9. The number of benzene rings is 1. The van der Waals surface area contributed by atoms with Crippen LogP contribution in [0.4, 0.5) is 0 Å². The van der Waals surface area contributed by atoms with Gasteiger partial charge in [0.05, 0.1) is 12.3 Å². The Hall–Kier alpha value is -1.13. The van der Waals surface area contributed by atoms with E-state index in [1.807, 2.05) is 43.6 Å². The summed E-state index contributed by atoms with van der Waals surface area (Å²) >= 11 is 3.41. The molecule has 1 unspecified atom stereocenters. The minimum atomic E-state index is 0.109. The molecule has 0 spiro atoms. The number of aliphatic hydroxyl groups is 1. The van der Waals surface area contributed by atoms with Gasteiger partial charge in [-0.1, -0.05) is 28.1 Å². The fraction of sp³-hybridized carbons (Fsp3) is 0.308. The summed E-state index contributed by atoms with van der Waals surface area (Å²) in [5.41, 5.74) is 2.15. The smallest absolute Gasteiger partial charge is 0.0631 e. The molecule has 0 radical (unpaired) electrons. The molecule has 3 nitrogen and oxygen atoms in total. The number of hydrogen-bond donors (Lipinski definition) is 1. The molecule has 0 fully saturated rings. The molecule has 0 saturated carbocycles. The number of aryl methyl sites for hydroxylation is 1. The lowest BCUT2D eigenvalue weighted by Gasteiger charge is -2.13. The fourth-order valence-electron chi connectivity index (χ4n) is 1.85. The molecule has 17 heavy (non-hydrogen) atoms. The van der Waals surface area contributed by atoms with Gasteiger partial charge >= 0.3 is 0 Å². The maximum Gasteiger partial charge on any atom is 0.0631 e. The molecular formula is C13H15BrN2O. The van der Waals surface area contributed by atoms with Crippen molar-refractivity contribution in [2.24, 2.45) is 7.05 Å². The van der Waals surface area contributed by atoms with Gasteiger partial charge in [0.25, 0.3) is 0 Å². The van der Waals surface area contributed by atoms with Crippen molar-refractivity contribution in [2.75, 3.05) is 6.61 Å². The Morgan fingerprint density at radius 3 is 2.53 bits per heavy atom. The van der Waals surface area contributed by atoms with E-state index in [0.29, 0.717) is 0 Å². The number of hydrogen-bond acceptors (Lipinski definition) is 2. The molecular weight excluding hydrogens is 280 g/mol. The first-order valence-corrected chi connectivity index (χ1v) is 6.33. The Morgan fingerprint density at radius 1 is 1.29 bits per heavy atom. The third-order valence-electron chi connectivity index (χ3n) is 2.79. The van der Waals surface area contributed by atoms with Gasteiger partial charge in [0.1, 0.15) is 0 Å². The normalized spacial score (nSPS) is 12.6. The summed E-state index contributed by atoms with van der Waals surface area (Å²) in [5, 5.41) is 13.8. The number of aliphatic hydroxyl groups excluding tert-OH is 1. The predicted molar refractivity (Wildman–Crippen MR) is 70.9 cm³/mol. The van der Waals surface area contributed by atoms with Crippen LogP contribution in [-0.2, 0) is 13.5 Å². The molecule has 0 aliphatic carbocycles. The number of aromatic nitrogens is 2. The van der Waals surface area contributed by atoms with Gasteiger partial charge in [-0.3, -0.25) is 4.68 Å². The first kappa shape index (κ1) is 12.3. The molecule has 90 valence electrons. The van der Waals surface area contributed by atoms with E-state index in [1.54, 1.807) is 4.68 Å². The molecule has 0 saturated heterocycles. The summed E-state index contributed by atoms with van der Waals surface area (Å²) in [7, 11) is 1.90. The van der Waals surface area contributed by atoms with Crippen molar-refractivity contribution < 1.29 is 5.11 Å². The number of rotatable bonds is 4. The van der Waals surface area contributed by atoms with E-state index in [-0.39, 0.29) is 12.5 Å². The second kappa shape index (κ2) is 5.47. The van der Waals surface area contributed by atoms with Gasteiger partial charge in [-0.15, -0.1) is 0 Å². The van der Waals surface area contributed by atoms with Crippen LogP contribution in [-0.4, -0.2) is 21.5 Å². The average Bonchev–Trinajstić information content (AvgIpc) is 2.73. The van der Waals surface area contributed by atoms with Crippen LogP contribution in [0.5, 0.6) is 0 Å². The van der Waals surface area contributed by atoms with Crippen LogP contribution in [0.15, 0.2) is 41.0 Å². The molecule has 2 rings (SSSR count). The van der Waals surface area contributed by atoms with Crippen molar-refractivity contribution in [1.29, 1.82) is 0 Å². The molecule has 1 heterocycles. The maximum atomic E-state index is 9.47. The standard InChI is InChI=1S/C13H15BrN2O/c1-16-7-6-13(15-16)8-11(9-17)10-2-4-12(14)5-3-10/h2-7,11,17H,8-9H2,1H3. The van der Waals surface area contributed by atoms with Crippen molar-refractivity contribution in [3.8, 4) is 0 Å². The fourth-order valence-corrected chi connectivity index (χ4v) is 2.11. The molecule has 1 atom stereocenters. The lowest BCUT2D eigenvalue weighted by molar-refractivity contribution is 0.263. The Balaban J connectivity index is 2.13. The summed E-state index contributed by atoms with van der Waals surface area (Å²) in [4.78, 5) is 0. The van der Waals surface area contributed by atoms with Gasteiger partial charge < -0.3 is 5.11 Å². The van der Waals surface area contributed by atoms with Crippen molar-refractivity contribution in [3.63, 3.8) is 0 Å². The SMILES string of the molecule is Cn1ccc(CC(CO)c2ccc(Br)cc2)n1. The van der Waals surface area contributed by atoms with Gasteiger partial charge in [-0.05, 0) is 23.8 Å². The summed E-state index contributed by atoms with van der Waals surface area (Å²) in [6.45, 7) is 0.137. The van der Waals surface area contributed by atoms with Gasteiger partial charge in [-0.2, -0.15) is 5.10 Å². The Bertz CT molecular complexity index is 478. The van der Waals surface area contributed by atoms with E-state index >= 15 is 0 Å². The van der Waals surface area contributed by atoms with Crippen LogP contribution >= 0.6 is 15.9 Å². The highest BCUT2D eigenvalue weighted by molar-refractivity contribution is 9.10. The molecule has 0 amide bonds. The minimum absolute atomic E-state index is 0.109. The monoisotopic (exact) mass is 294 g/mol. The van der Waals surface area contributed by atoms with E-state index in [1.165, 1.54) is 0 Å². The van der Waals surface area contributed by atoms with Crippen LogP contribution in [0.3, 0.4) is 0 Å². The van der Waals surface area contributed by atoms with E-state index in [4.69, 9.17) is 0 Å². The number of nitrogens with zero attached hydrogens (tertiary/aromatic N) is 2. The largest absolute Gasteiger partial charge is 0.396 e. The van der Waals surface area contributed by atoms with Gasteiger partial charge in [0.2, 0.25) is 0 Å². The summed E-state index contributed by atoms with van der Waals surface area (Å²) < 4.78 is 2.83. The van der Waals surface area contributed by atoms with Crippen molar-refractivity contribution in [3.05, 3.63) is 52.3 Å². The topological polar surface area (TPSA) is 38.0 Å². The van der Waals surface area contributed by atoms with Crippen molar-refractivity contribution >= 4 is 15.9 Å². The van der Waals surface area contributed by atoms with Crippen molar-refractivity contribution in [2.45, 2.75) is 12.3 Å². The summed E-state index contributed by atoms with van der Waals surface area (Å²) in [6.07, 6.45) is 2.68. The first-order valence-electron chi connectivity index (χ1n) is 5.54. The minimum Gasteiger partial charge on any atom is -0.396 e. The molecule has 1 aromatic carbocycles. The summed E-state index contributed by atoms with van der Waals surface area (Å²) in [6, 6.07) is 10.1. The van der Waals surface area contributed by atoms with Gasteiger partial charge in [0, 0.05) is 30.1 Å². The molecule has 0 aliphatic heterocycles. The van der Waals surface area contributed by atoms with Crippen LogP contribution in [0.25, 0.3) is 0 Å². The van der Waals surface area contributed by atoms with Crippen LogP contribution in [0.1, 0.15) is 17.2 Å². The lowest BCUT2D eigenvalue weighted by Crippen LogP contribution is -2.08. The lowest BCUT2D eigenvalue weighted by atomic mass is 9.95. The quantitative estimate of drug-likeness (QED) is 0.941. The molecule has 4 heteroatoms. The van der Waals surface area contributed by atoms with E-state index < -0.39 is 0 Å². The van der Waals surface area contributed by atoms with E-state index in [2.05, 4.69) is 21.0 Å². The highest BCUT2D eigenvalue weighted by Crippen LogP contribution is 2.21. The second-order valence-electron chi connectivity index (χ2n) is 4.12. The highest BCUT2D eigenvalue weighted by Gasteiger charge is 2.12. The average molecular weight is 295 g/mol. The Morgan fingerprint density at radius 2 is 2.00 bits per heavy atom. The molecule has 0 aliphatic rings. The van der Waals surface area contributed by atoms with Crippen LogP contribution in [0, 0.1) is 0 Å². The summed E-state index contributed by atoms with van der Waals surface area (Å²) in [5.74, 6) is 0.109. The van der Waals surface area contributed by atoms with Gasteiger partial charge in [0.15, 0.2) is 0 Å². The van der Waals surface area contributed by atoms with Gasteiger partial charge in [-0.25, -0.2) is 0 Å². The number of halogens is 1. The zero-order valence-corrected chi connectivity index (χ0v) is 11.3. The predicted octanol–water partition coefficient (Wildman–Crippen LogP) is 2.50. The zero-order valence-electron chi connectivity index (χ0n) is 9.68. The van der Waals surface area contributed by atoms with Crippen LogP contribution in [0.2, 0.25) is 0 Å². The van der Waals surface area contributed by atoms with E-state index in [9.17, 15) is 5.11 Å². The molecule has 0 bridgehead atoms.